The van der Waals surface area contributed by atoms with Crippen LogP contribution in [0.25, 0.3) is 6.08 Å². The minimum atomic E-state index is -0.588. The molecule has 0 unspecified atom stereocenters. The number of ether oxygens (including phenoxy) is 2. The maximum atomic E-state index is 10.6. The summed E-state index contributed by atoms with van der Waals surface area (Å²) in [6.45, 7) is 0.654. The zero-order chi connectivity index (χ0) is 9.80. The van der Waals surface area contributed by atoms with Crippen molar-refractivity contribution in [2.24, 2.45) is 0 Å². The van der Waals surface area contributed by atoms with Crippen LogP contribution in [0.15, 0.2) is 35.9 Å². The number of carbonyl (C=O) groups is 1. The zero-order valence-corrected chi connectivity index (χ0v) is 7.60. The standard InChI is InChI=1S/C11H10O3/c12-11-13-7-10(8-14-11)6-9-4-2-1-3-5-9/h1-6H,7-8H2. The molecular formula is C11H10O3. The topological polar surface area (TPSA) is 35.5 Å². The lowest BCUT2D eigenvalue weighted by Gasteiger charge is -2.14. The average molecular weight is 190 g/mol. The summed E-state index contributed by atoms with van der Waals surface area (Å²) in [4.78, 5) is 10.6. The van der Waals surface area contributed by atoms with Gasteiger partial charge in [-0.1, -0.05) is 30.3 Å². The maximum absolute atomic E-state index is 10.6. The number of carbonyl (C=O) groups excluding carboxylic acids is 1. The van der Waals surface area contributed by atoms with Crippen molar-refractivity contribution in [1.29, 1.82) is 0 Å². The third-order valence-corrected chi connectivity index (χ3v) is 1.92. The van der Waals surface area contributed by atoms with Gasteiger partial charge in [0.05, 0.1) is 0 Å². The molecule has 2 rings (SSSR count). The summed E-state index contributed by atoms with van der Waals surface area (Å²) in [5, 5.41) is 0. The van der Waals surface area contributed by atoms with E-state index in [0.29, 0.717) is 13.2 Å². The number of rotatable bonds is 1. The van der Waals surface area contributed by atoms with Gasteiger partial charge in [-0.25, -0.2) is 4.79 Å². The van der Waals surface area contributed by atoms with Gasteiger partial charge in [0.2, 0.25) is 0 Å². The van der Waals surface area contributed by atoms with Crippen LogP contribution in [0.1, 0.15) is 5.56 Å². The van der Waals surface area contributed by atoms with E-state index in [1.807, 2.05) is 36.4 Å². The smallest absolute Gasteiger partial charge is 0.430 e. The Hall–Kier alpha value is -1.77. The summed E-state index contributed by atoms with van der Waals surface area (Å²) in [6, 6.07) is 9.86. The SMILES string of the molecule is O=C1OCC(=Cc2ccccc2)CO1. The predicted octanol–water partition coefficient (Wildman–Crippen LogP) is 2.24. The first-order valence-electron chi connectivity index (χ1n) is 4.38. The van der Waals surface area contributed by atoms with Crippen LogP contribution < -0.4 is 0 Å². The molecule has 1 heterocycles. The molecule has 1 saturated heterocycles. The van der Waals surface area contributed by atoms with Gasteiger partial charge in [0.15, 0.2) is 0 Å². The van der Waals surface area contributed by atoms with Crippen LogP contribution in [0, 0.1) is 0 Å². The van der Waals surface area contributed by atoms with Crippen LogP contribution in [-0.4, -0.2) is 19.4 Å². The molecule has 1 fully saturated rings. The molecule has 0 aliphatic carbocycles. The van der Waals surface area contributed by atoms with Gasteiger partial charge < -0.3 is 9.47 Å². The predicted molar refractivity (Wildman–Crippen MR) is 51.7 cm³/mol. The number of hydrogen-bond acceptors (Lipinski definition) is 3. The lowest BCUT2D eigenvalue weighted by atomic mass is 10.1. The maximum Gasteiger partial charge on any atom is 0.508 e. The number of hydrogen-bond donors (Lipinski definition) is 0. The first-order valence-corrected chi connectivity index (χ1v) is 4.38. The summed E-state index contributed by atoms with van der Waals surface area (Å²) in [5.41, 5.74) is 2.06. The molecule has 0 spiro atoms. The van der Waals surface area contributed by atoms with E-state index < -0.39 is 6.16 Å². The summed E-state index contributed by atoms with van der Waals surface area (Å²) < 4.78 is 9.47. The molecule has 0 aromatic heterocycles. The Bertz CT molecular complexity index is 342. The molecule has 0 radical (unpaired) electrons. The molecule has 3 nitrogen and oxygen atoms in total. The van der Waals surface area contributed by atoms with Crippen LogP contribution in [-0.2, 0) is 9.47 Å². The number of cyclic esters (lactones) is 2. The van der Waals surface area contributed by atoms with Gasteiger partial charge in [0.1, 0.15) is 13.2 Å². The second kappa shape index (κ2) is 3.96. The van der Waals surface area contributed by atoms with Crippen LogP contribution in [0.4, 0.5) is 4.79 Å². The normalized spacial score (nSPS) is 15.7. The van der Waals surface area contributed by atoms with Crippen molar-refractivity contribution in [1.82, 2.24) is 0 Å². The van der Waals surface area contributed by atoms with Gasteiger partial charge in [-0.3, -0.25) is 0 Å². The van der Waals surface area contributed by atoms with E-state index in [4.69, 9.17) is 9.47 Å². The van der Waals surface area contributed by atoms with Crippen molar-refractivity contribution >= 4 is 12.2 Å². The van der Waals surface area contributed by atoms with Crippen molar-refractivity contribution in [3.05, 3.63) is 41.5 Å². The summed E-state index contributed by atoms with van der Waals surface area (Å²) >= 11 is 0. The first-order chi connectivity index (χ1) is 6.84. The minimum Gasteiger partial charge on any atom is -0.430 e. The Balaban J connectivity index is 2.08. The Morgan fingerprint density at radius 2 is 1.71 bits per heavy atom. The first kappa shape index (κ1) is 8.81. The van der Waals surface area contributed by atoms with Crippen molar-refractivity contribution < 1.29 is 14.3 Å². The van der Waals surface area contributed by atoms with E-state index in [-0.39, 0.29) is 0 Å². The zero-order valence-electron chi connectivity index (χ0n) is 7.60. The van der Waals surface area contributed by atoms with Crippen LogP contribution in [0.2, 0.25) is 0 Å². The molecule has 0 bridgehead atoms. The molecule has 0 N–H and O–H groups in total. The highest BCUT2D eigenvalue weighted by molar-refractivity contribution is 5.63. The van der Waals surface area contributed by atoms with Crippen LogP contribution in [0.5, 0.6) is 0 Å². The van der Waals surface area contributed by atoms with Gasteiger partial charge in [-0.15, -0.1) is 0 Å². The highest BCUT2D eigenvalue weighted by atomic mass is 16.7. The molecule has 14 heavy (non-hydrogen) atoms. The third kappa shape index (κ3) is 2.13. The summed E-state index contributed by atoms with van der Waals surface area (Å²) in [7, 11) is 0. The number of benzene rings is 1. The highest BCUT2D eigenvalue weighted by Gasteiger charge is 2.13. The Kier molecular flexibility index (Phi) is 2.49. The Labute approximate surface area is 81.9 Å². The van der Waals surface area contributed by atoms with Crippen molar-refractivity contribution in [3.8, 4) is 0 Å². The molecule has 3 heteroatoms. The summed E-state index contributed by atoms with van der Waals surface area (Å²) in [5.74, 6) is 0. The minimum absolute atomic E-state index is 0.327. The molecular weight excluding hydrogens is 180 g/mol. The van der Waals surface area contributed by atoms with Gasteiger partial charge in [0, 0.05) is 5.57 Å². The van der Waals surface area contributed by atoms with Gasteiger partial charge >= 0.3 is 6.16 Å². The largest absolute Gasteiger partial charge is 0.508 e. The second-order valence-electron chi connectivity index (χ2n) is 3.04. The molecule has 1 aliphatic heterocycles. The third-order valence-electron chi connectivity index (χ3n) is 1.92. The van der Waals surface area contributed by atoms with Gasteiger partial charge in [-0.05, 0) is 11.6 Å². The van der Waals surface area contributed by atoms with E-state index in [9.17, 15) is 4.79 Å². The average Bonchev–Trinajstić information content (AvgIpc) is 2.23. The fourth-order valence-electron chi connectivity index (χ4n) is 1.25. The lowest BCUT2D eigenvalue weighted by molar-refractivity contribution is 0.0443. The van der Waals surface area contributed by atoms with E-state index in [2.05, 4.69) is 0 Å². The van der Waals surface area contributed by atoms with E-state index in [1.54, 1.807) is 0 Å². The van der Waals surface area contributed by atoms with Crippen LogP contribution >= 0.6 is 0 Å². The van der Waals surface area contributed by atoms with Crippen molar-refractivity contribution in [3.63, 3.8) is 0 Å². The quantitative estimate of drug-likeness (QED) is 0.637. The van der Waals surface area contributed by atoms with Gasteiger partial charge in [0.25, 0.3) is 0 Å². The highest BCUT2D eigenvalue weighted by Crippen LogP contribution is 2.11. The lowest BCUT2D eigenvalue weighted by Crippen LogP contribution is -2.19. The molecule has 1 aliphatic rings. The fourth-order valence-corrected chi connectivity index (χ4v) is 1.25. The van der Waals surface area contributed by atoms with E-state index in [1.165, 1.54) is 0 Å². The fraction of sp³-hybridized carbons (Fsp3) is 0.182. The van der Waals surface area contributed by atoms with E-state index in [0.717, 1.165) is 11.1 Å². The van der Waals surface area contributed by atoms with E-state index >= 15 is 0 Å². The van der Waals surface area contributed by atoms with Gasteiger partial charge in [-0.2, -0.15) is 0 Å². The molecule has 0 atom stereocenters. The van der Waals surface area contributed by atoms with Crippen molar-refractivity contribution in [2.45, 2.75) is 0 Å². The van der Waals surface area contributed by atoms with Crippen LogP contribution in [0.3, 0.4) is 0 Å². The molecule has 1 aromatic carbocycles. The Morgan fingerprint density at radius 1 is 1.07 bits per heavy atom. The molecule has 0 saturated carbocycles. The summed E-state index contributed by atoms with van der Waals surface area (Å²) in [6.07, 6.45) is 1.38. The molecule has 72 valence electrons. The molecule has 0 amide bonds. The molecule has 1 aromatic rings. The second-order valence-corrected chi connectivity index (χ2v) is 3.04. The van der Waals surface area contributed by atoms with Crippen molar-refractivity contribution in [2.75, 3.05) is 13.2 Å². The Morgan fingerprint density at radius 3 is 2.36 bits per heavy atom. The monoisotopic (exact) mass is 190 g/mol.